The molecule has 1 aliphatic rings. The summed E-state index contributed by atoms with van der Waals surface area (Å²) in [6, 6.07) is 9.85. The van der Waals surface area contributed by atoms with E-state index in [-0.39, 0.29) is 17.5 Å². The van der Waals surface area contributed by atoms with Gasteiger partial charge in [0.15, 0.2) is 15.7 Å². The fraction of sp³-hybridized carbons (Fsp3) is 0.467. The second kappa shape index (κ2) is 6.54. The maximum atomic E-state index is 11.7. The molecule has 1 aliphatic heterocycles. The van der Waals surface area contributed by atoms with Crippen LogP contribution in [0.5, 0.6) is 0 Å². The number of rotatable bonds is 5. The molecule has 0 saturated carbocycles. The third-order valence-corrected chi connectivity index (χ3v) is 6.24. The molecular formula is C15H20N4O2S2. The van der Waals surface area contributed by atoms with Gasteiger partial charge in [0.05, 0.1) is 18.2 Å². The molecule has 0 spiro atoms. The van der Waals surface area contributed by atoms with Gasteiger partial charge >= 0.3 is 0 Å². The quantitative estimate of drug-likeness (QED) is 0.834. The first-order chi connectivity index (χ1) is 11.0. The number of aromatic amines is 1. The van der Waals surface area contributed by atoms with Crippen molar-refractivity contribution in [2.24, 2.45) is 0 Å². The Kier molecular flexibility index (Phi) is 4.65. The molecule has 1 aromatic carbocycles. The third kappa shape index (κ3) is 3.70. The Morgan fingerprint density at radius 3 is 2.74 bits per heavy atom. The van der Waals surface area contributed by atoms with Gasteiger partial charge in [0.2, 0.25) is 4.77 Å². The van der Waals surface area contributed by atoms with Crippen molar-refractivity contribution in [2.45, 2.75) is 26.1 Å². The minimum atomic E-state index is -2.89. The second-order valence-corrected chi connectivity index (χ2v) is 8.35. The molecule has 0 aliphatic carbocycles. The average Bonchev–Trinajstić information content (AvgIpc) is 3.08. The lowest BCUT2D eigenvalue weighted by molar-refractivity contribution is 0.164. The van der Waals surface area contributed by atoms with Gasteiger partial charge in [-0.05, 0) is 25.2 Å². The lowest BCUT2D eigenvalue weighted by Gasteiger charge is -2.26. The monoisotopic (exact) mass is 352 g/mol. The number of aromatic nitrogens is 3. The van der Waals surface area contributed by atoms with E-state index in [9.17, 15) is 8.42 Å². The van der Waals surface area contributed by atoms with E-state index >= 15 is 0 Å². The highest BCUT2D eigenvalue weighted by molar-refractivity contribution is 7.91. The topological polar surface area (TPSA) is 71.0 Å². The summed E-state index contributed by atoms with van der Waals surface area (Å²) in [6.07, 6.45) is 0.684. The first kappa shape index (κ1) is 16.4. The Bertz CT molecular complexity index is 827. The van der Waals surface area contributed by atoms with Crippen molar-refractivity contribution in [2.75, 3.05) is 18.1 Å². The van der Waals surface area contributed by atoms with Crippen LogP contribution < -0.4 is 0 Å². The van der Waals surface area contributed by atoms with E-state index in [1.165, 1.54) is 0 Å². The van der Waals surface area contributed by atoms with E-state index in [1.54, 1.807) is 4.68 Å². The van der Waals surface area contributed by atoms with Crippen LogP contribution in [0.4, 0.5) is 0 Å². The minimum absolute atomic E-state index is 0.0513. The molecule has 0 unspecified atom stereocenters. The Morgan fingerprint density at radius 1 is 1.39 bits per heavy atom. The summed E-state index contributed by atoms with van der Waals surface area (Å²) >= 11 is 5.33. The average molecular weight is 352 g/mol. The molecule has 0 amide bonds. The highest BCUT2D eigenvalue weighted by Crippen LogP contribution is 2.19. The number of nitrogens with zero attached hydrogens (tertiary/aromatic N) is 3. The van der Waals surface area contributed by atoms with Crippen LogP contribution in [0.1, 0.15) is 13.3 Å². The summed E-state index contributed by atoms with van der Waals surface area (Å²) in [6.45, 7) is 3.32. The molecule has 1 N–H and O–H groups in total. The van der Waals surface area contributed by atoms with Crippen molar-refractivity contribution in [3.8, 4) is 11.4 Å². The first-order valence-electron chi connectivity index (χ1n) is 7.65. The molecule has 2 aromatic rings. The largest absolute Gasteiger partial charge is 0.281 e. The molecule has 3 rings (SSSR count). The zero-order valence-electron chi connectivity index (χ0n) is 13.0. The van der Waals surface area contributed by atoms with Crippen molar-refractivity contribution in [1.29, 1.82) is 0 Å². The highest BCUT2D eigenvalue weighted by Gasteiger charge is 2.31. The van der Waals surface area contributed by atoms with E-state index < -0.39 is 9.84 Å². The lowest BCUT2D eigenvalue weighted by Crippen LogP contribution is -2.37. The maximum Gasteiger partial charge on any atom is 0.217 e. The summed E-state index contributed by atoms with van der Waals surface area (Å²) in [5.74, 6) is 1.23. The fourth-order valence-electron chi connectivity index (χ4n) is 2.90. The molecule has 124 valence electrons. The number of H-pyrrole nitrogens is 1. The second-order valence-electron chi connectivity index (χ2n) is 5.75. The van der Waals surface area contributed by atoms with Crippen LogP contribution in [0.2, 0.25) is 0 Å². The number of hydrogen-bond donors (Lipinski definition) is 1. The standard InChI is InChI=1S/C15H20N4O2S2/c1-2-18(13-8-9-23(20,21)10-13)11-19-15(22)16-14(17-19)12-6-4-3-5-7-12/h3-7,13H,2,8-11H2,1H3,(H,16,17,22)/t13-/m0/s1. The highest BCUT2D eigenvalue weighted by atomic mass is 32.2. The van der Waals surface area contributed by atoms with Gasteiger partial charge in [-0.25, -0.2) is 13.1 Å². The van der Waals surface area contributed by atoms with Crippen LogP contribution in [-0.4, -0.2) is 52.2 Å². The molecule has 8 heteroatoms. The number of sulfone groups is 1. The molecule has 6 nitrogen and oxygen atoms in total. The molecule has 1 atom stereocenters. The first-order valence-corrected chi connectivity index (χ1v) is 9.88. The number of nitrogens with one attached hydrogen (secondary N) is 1. The zero-order chi connectivity index (χ0) is 16.4. The van der Waals surface area contributed by atoms with Gasteiger partial charge in [-0.1, -0.05) is 37.3 Å². The van der Waals surface area contributed by atoms with Crippen molar-refractivity contribution in [3.05, 3.63) is 35.1 Å². The minimum Gasteiger partial charge on any atom is -0.281 e. The summed E-state index contributed by atoms with van der Waals surface area (Å²) in [4.78, 5) is 6.53. The number of hydrogen-bond acceptors (Lipinski definition) is 5. The van der Waals surface area contributed by atoms with Crippen molar-refractivity contribution >= 4 is 22.1 Å². The molecule has 1 saturated heterocycles. The summed E-state index contributed by atoms with van der Waals surface area (Å²) in [5, 5.41) is 3.22. The van der Waals surface area contributed by atoms with Crippen LogP contribution in [0.15, 0.2) is 30.3 Å². The zero-order valence-corrected chi connectivity index (χ0v) is 14.6. The predicted molar refractivity (Wildman–Crippen MR) is 92.3 cm³/mol. The lowest BCUT2D eigenvalue weighted by atomic mass is 10.2. The molecule has 2 heterocycles. The van der Waals surface area contributed by atoms with Gasteiger partial charge in [0.25, 0.3) is 0 Å². The van der Waals surface area contributed by atoms with Gasteiger partial charge in [-0.15, -0.1) is 0 Å². The van der Waals surface area contributed by atoms with E-state index in [1.807, 2.05) is 37.3 Å². The molecule has 1 aromatic heterocycles. The SMILES string of the molecule is CCN(Cn1[nH]c(-c2ccccc2)nc1=S)[C@H]1CCS(=O)(=O)C1. The Morgan fingerprint density at radius 2 is 2.13 bits per heavy atom. The molecular weight excluding hydrogens is 332 g/mol. The van der Waals surface area contributed by atoms with Gasteiger partial charge < -0.3 is 0 Å². The van der Waals surface area contributed by atoms with Crippen molar-refractivity contribution in [3.63, 3.8) is 0 Å². The van der Waals surface area contributed by atoms with Crippen LogP contribution in [0.25, 0.3) is 11.4 Å². The smallest absolute Gasteiger partial charge is 0.217 e. The Balaban J connectivity index is 1.80. The summed E-state index contributed by atoms with van der Waals surface area (Å²) in [5.41, 5.74) is 0.976. The Hall–Kier alpha value is -1.51. The third-order valence-electron chi connectivity index (χ3n) is 4.18. The molecule has 0 radical (unpaired) electrons. The van der Waals surface area contributed by atoms with Crippen LogP contribution >= 0.6 is 12.2 Å². The van der Waals surface area contributed by atoms with E-state index in [2.05, 4.69) is 15.0 Å². The summed E-state index contributed by atoms with van der Waals surface area (Å²) < 4.78 is 25.7. The Labute approximate surface area is 141 Å². The fourth-order valence-corrected chi connectivity index (χ4v) is 4.85. The van der Waals surface area contributed by atoms with Crippen molar-refractivity contribution in [1.82, 2.24) is 19.7 Å². The molecule has 0 bridgehead atoms. The van der Waals surface area contributed by atoms with Gasteiger partial charge in [0, 0.05) is 11.6 Å². The molecule has 1 fully saturated rings. The normalized spacial score (nSPS) is 20.2. The van der Waals surface area contributed by atoms with Gasteiger partial charge in [-0.3, -0.25) is 10.00 Å². The molecule has 23 heavy (non-hydrogen) atoms. The van der Waals surface area contributed by atoms with Crippen LogP contribution in [0.3, 0.4) is 0 Å². The van der Waals surface area contributed by atoms with Gasteiger partial charge in [0.1, 0.15) is 0 Å². The number of benzene rings is 1. The van der Waals surface area contributed by atoms with E-state index in [0.29, 0.717) is 17.9 Å². The maximum absolute atomic E-state index is 11.7. The van der Waals surface area contributed by atoms with Crippen LogP contribution in [0, 0.1) is 4.77 Å². The predicted octanol–water partition coefficient (Wildman–Crippen LogP) is 2.07. The van der Waals surface area contributed by atoms with Crippen LogP contribution in [-0.2, 0) is 16.5 Å². The summed E-state index contributed by atoms with van der Waals surface area (Å²) in [7, 11) is -2.89. The van der Waals surface area contributed by atoms with Gasteiger partial charge in [-0.2, -0.15) is 4.98 Å². The van der Waals surface area contributed by atoms with E-state index in [4.69, 9.17) is 12.2 Å². The van der Waals surface area contributed by atoms with E-state index in [0.717, 1.165) is 17.9 Å². The van der Waals surface area contributed by atoms with Crippen molar-refractivity contribution < 1.29 is 8.42 Å².